The summed E-state index contributed by atoms with van der Waals surface area (Å²) in [5, 5.41) is 10.6. The van der Waals surface area contributed by atoms with Gasteiger partial charge in [-0.05, 0) is 42.5 Å². The molecule has 410 valence electrons. The van der Waals surface area contributed by atoms with Crippen molar-refractivity contribution in [2.75, 3.05) is 0 Å². The van der Waals surface area contributed by atoms with Gasteiger partial charge in [-0.3, -0.25) is 4.79 Å². The molecule has 1 heterocycles. The lowest BCUT2D eigenvalue weighted by Gasteiger charge is -2.46. The Morgan fingerprint density at radius 2 is 0.649 bits per heavy atom. The monoisotopic (exact) mass is 1130 g/mol. The second kappa shape index (κ2) is 20.2. The quantitative estimate of drug-likeness (QED) is 0.0748. The summed E-state index contributed by atoms with van der Waals surface area (Å²) in [6, 6.07) is 9.43. The Morgan fingerprint density at radius 3 is 0.922 bits per heavy atom. The molecule has 0 radical (unpaired) electrons. The van der Waals surface area contributed by atoms with E-state index in [-0.39, 0.29) is 18.1 Å². The number of halogens is 24. The minimum atomic E-state index is -6.13. The van der Waals surface area contributed by atoms with Crippen molar-refractivity contribution in [3.8, 4) is 5.75 Å². The topological polar surface area (TPSA) is 41.2 Å². The van der Waals surface area contributed by atoms with Gasteiger partial charge in [-0.25, -0.2) is 0 Å². The Balaban J connectivity index is 0.000000397. The third kappa shape index (κ3) is 13.2. The summed E-state index contributed by atoms with van der Waals surface area (Å²) in [7, 11) is 0. The van der Waals surface area contributed by atoms with Gasteiger partial charge in [0.25, 0.3) is 0 Å². The van der Waals surface area contributed by atoms with Crippen LogP contribution in [0.3, 0.4) is 0 Å². The molecule has 0 spiro atoms. The summed E-state index contributed by atoms with van der Waals surface area (Å²) in [5.41, 5.74) is -28.7. The molecule has 0 amide bonds. The van der Waals surface area contributed by atoms with Crippen molar-refractivity contribution >= 4 is 44.7 Å². The number of nitrogens with zero attached hydrogens (tertiary/aromatic N) is 1. The predicted octanol–water partition coefficient (Wildman–Crippen LogP) is 13.9. The Bertz CT molecular complexity index is 2870. The number of benzene rings is 6. The van der Waals surface area contributed by atoms with Crippen LogP contribution in [-0.2, 0) is 56.0 Å². The number of fused-ring (bicyclic) bond motifs is 1. The van der Waals surface area contributed by atoms with E-state index in [9.17, 15) is 115 Å². The first-order valence-corrected chi connectivity index (χ1v) is 21.1. The molecule has 77 heavy (non-hydrogen) atoms. The number of Topliss-reactive ketones (excluding diaryl/α,β-unsaturated/α-hetero) is 1. The molecular formula is C49H26BF24NO2. The summed E-state index contributed by atoms with van der Waals surface area (Å²) in [4.78, 5) is 12.3. The van der Waals surface area contributed by atoms with Crippen molar-refractivity contribution in [3.05, 3.63) is 190 Å². The Morgan fingerprint density at radius 1 is 0.364 bits per heavy atom. The highest BCUT2D eigenvalue weighted by Gasteiger charge is 2.47. The molecule has 0 unspecified atom stereocenters. The molecule has 0 atom stereocenters. The highest BCUT2D eigenvalue weighted by atomic mass is 19.4. The number of hydrogen-bond donors (Lipinski definition) is 1. The largest absolute Gasteiger partial charge is 0.508 e. The maximum absolute atomic E-state index is 14.2. The summed E-state index contributed by atoms with van der Waals surface area (Å²) in [6.45, 7) is 0.255. The van der Waals surface area contributed by atoms with Crippen LogP contribution in [0, 0.1) is 0 Å². The van der Waals surface area contributed by atoms with Crippen LogP contribution in [-0.4, -0.2) is 17.0 Å². The zero-order chi connectivity index (χ0) is 57.9. The van der Waals surface area contributed by atoms with Crippen LogP contribution in [0.15, 0.2) is 140 Å². The normalized spacial score (nSPS) is 13.4. The fourth-order valence-electron chi connectivity index (χ4n) is 8.33. The fourth-order valence-corrected chi connectivity index (χ4v) is 8.33. The summed E-state index contributed by atoms with van der Waals surface area (Å²) >= 11 is 0. The molecule has 0 bridgehead atoms. The molecule has 0 saturated heterocycles. The van der Waals surface area contributed by atoms with Crippen LogP contribution in [0.5, 0.6) is 5.75 Å². The van der Waals surface area contributed by atoms with Gasteiger partial charge in [0.05, 0.1) is 50.6 Å². The minimum Gasteiger partial charge on any atom is -0.508 e. The number of alkyl halides is 24. The average Bonchev–Trinajstić information content (AvgIpc) is 3.30. The number of pyridine rings is 1. The number of carbonyl (C=O) groups is 1. The fraction of sp³-hybridized carbons (Fsp3) is 0.184. The zero-order valence-electron chi connectivity index (χ0n) is 37.4. The van der Waals surface area contributed by atoms with Crippen molar-refractivity contribution < 1.29 is 120 Å². The van der Waals surface area contributed by atoms with Crippen LogP contribution in [0.4, 0.5) is 105 Å². The van der Waals surface area contributed by atoms with Gasteiger partial charge in [0.2, 0.25) is 17.8 Å². The Hall–Kier alpha value is -7.42. The van der Waals surface area contributed by atoms with E-state index < -0.39 is 195 Å². The second-order valence-corrected chi connectivity index (χ2v) is 16.9. The van der Waals surface area contributed by atoms with Gasteiger partial charge in [0.15, 0.2) is 6.20 Å². The van der Waals surface area contributed by atoms with Gasteiger partial charge in [0, 0.05) is 17.0 Å². The second-order valence-electron chi connectivity index (χ2n) is 16.9. The number of aromatic nitrogens is 1. The van der Waals surface area contributed by atoms with Crippen LogP contribution < -0.4 is 26.4 Å². The molecule has 0 saturated carbocycles. The van der Waals surface area contributed by atoms with E-state index in [4.69, 9.17) is 0 Å². The Labute approximate surface area is 415 Å². The lowest BCUT2D eigenvalue weighted by atomic mass is 9.12. The lowest BCUT2D eigenvalue weighted by Crippen LogP contribution is -2.75. The molecule has 0 aliphatic rings. The molecule has 1 N–H and O–H groups in total. The zero-order valence-corrected chi connectivity index (χ0v) is 37.4. The van der Waals surface area contributed by atoms with Gasteiger partial charge in [-0.15, -0.1) is 0 Å². The summed E-state index contributed by atoms with van der Waals surface area (Å²) < 4.78 is 343. The third-order valence-corrected chi connectivity index (χ3v) is 11.7. The molecule has 0 aliphatic carbocycles. The van der Waals surface area contributed by atoms with Crippen LogP contribution in [0.1, 0.15) is 54.9 Å². The van der Waals surface area contributed by atoms with E-state index in [1.54, 1.807) is 12.1 Å². The van der Waals surface area contributed by atoms with E-state index >= 15 is 0 Å². The highest BCUT2D eigenvalue weighted by molar-refractivity contribution is 7.20. The molecule has 0 aliphatic heterocycles. The maximum Gasteiger partial charge on any atom is 0.416 e. The first-order chi connectivity index (χ1) is 35.0. The first kappa shape index (κ1) is 58.8. The van der Waals surface area contributed by atoms with Crippen molar-refractivity contribution in [2.24, 2.45) is 0 Å². The SMILES string of the molecule is FC(F)(F)c1cc([B-](c2cc(C(F)(F)F)cc(C(F)(F)F)c2)(c2cc(C(F)(F)F)cc(C(F)(F)F)c2)c2cc(C(F)(F)F)cc(C(F)(F)F)c2)cc(C(F)(F)F)c1.O=C(C[n+]1cccc2ccc(O)cc21)c1ccccc1. The molecule has 6 aromatic carbocycles. The predicted molar refractivity (Wildman–Crippen MR) is 227 cm³/mol. The van der Waals surface area contributed by atoms with E-state index in [0.717, 1.165) is 10.9 Å². The van der Waals surface area contributed by atoms with Gasteiger partial charge < -0.3 is 5.11 Å². The molecular weight excluding hydrogens is 1100 g/mol. The number of rotatable bonds is 7. The van der Waals surface area contributed by atoms with Gasteiger partial charge >= 0.3 is 49.4 Å². The van der Waals surface area contributed by atoms with Crippen molar-refractivity contribution in [1.82, 2.24) is 0 Å². The number of carbonyl (C=O) groups excluding carboxylic acids is 1. The van der Waals surface area contributed by atoms with Crippen LogP contribution >= 0.6 is 0 Å². The number of phenolic OH excluding ortho intramolecular Hbond substituents is 1. The Kier molecular flexibility index (Phi) is 15.4. The summed E-state index contributed by atoms with van der Waals surface area (Å²) in [6.07, 6.45) is -53.0. The molecule has 7 aromatic rings. The lowest BCUT2D eigenvalue weighted by molar-refractivity contribution is -0.657. The van der Waals surface area contributed by atoms with Crippen LogP contribution in [0.25, 0.3) is 10.9 Å². The van der Waals surface area contributed by atoms with Gasteiger partial charge in [-0.1, -0.05) is 78.9 Å². The molecule has 28 heteroatoms. The number of hydrogen-bond acceptors (Lipinski definition) is 2. The van der Waals surface area contributed by atoms with Crippen molar-refractivity contribution in [3.63, 3.8) is 0 Å². The number of aromatic hydroxyl groups is 1. The molecule has 7 rings (SSSR count). The van der Waals surface area contributed by atoms with E-state index in [1.165, 1.54) is 0 Å². The average molecular weight is 1130 g/mol. The molecule has 1 aromatic heterocycles. The van der Waals surface area contributed by atoms with Gasteiger partial charge in [-0.2, -0.15) is 132 Å². The molecule has 3 nitrogen and oxygen atoms in total. The number of phenols is 1. The first-order valence-electron chi connectivity index (χ1n) is 21.1. The van der Waals surface area contributed by atoms with E-state index in [1.807, 2.05) is 59.3 Å². The van der Waals surface area contributed by atoms with Crippen LogP contribution in [0.2, 0.25) is 0 Å². The maximum atomic E-state index is 14.2. The third-order valence-electron chi connectivity index (χ3n) is 11.7. The highest BCUT2D eigenvalue weighted by Crippen LogP contribution is 2.41. The van der Waals surface area contributed by atoms with Gasteiger partial charge in [0.1, 0.15) is 11.9 Å². The van der Waals surface area contributed by atoms with Crippen molar-refractivity contribution in [1.29, 1.82) is 0 Å². The van der Waals surface area contributed by atoms with E-state index in [0.29, 0.717) is 5.56 Å². The summed E-state index contributed by atoms with van der Waals surface area (Å²) in [5.74, 6) is 0.246. The standard InChI is InChI=1S/C32H12BF24.C17H13NO2/c34-25(35,36)13-1-14(26(37,38)39)6-21(5-13)33(22-7-15(27(40,41)42)2-16(8-22)28(43,44)45,23-9-17(29(46,47)48)3-18(10-23)30(49,50)51)24-11-19(31(52,53)54)4-20(12-24)32(55,56)57;19-15-9-8-13-7-4-10-18(16(13)11-15)12-17(20)14-5-2-1-3-6-14/h1-12H;1-11H,12H2/q-1;/p+1. The van der Waals surface area contributed by atoms with Crippen molar-refractivity contribution in [2.45, 2.75) is 56.0 Å². The smallest absolute Gasteiger partial charge is 0.416 e. The number of ketones is 1. The molecule has 0 fully saturated rings. The minimum absolute atomic E-state index is 0.0476. The van der Waals surface area contributed by atoms with E-state index in [2.05, 4.69) is 0 Å².